The van der Waals surface area contributed by atoms with Gasteiger partial charge in [0, 0.05) is 23.5 Å². The molecule has 30 heavy (non-hydrogen) atoms. The molecule has 2 N–H and O–H groups in total. The molecule has 156 valence electrons. The molecule has 0 radical (unpaired) electrons. The van der Waals surface area contributed by atoms with Crippen LogP contribution >= 0.6 is 0 Å². The Bertz CT molecular complexity index is 1110. The minimum Gasteiger partial charge on any atom is -0.314 e. The molecule has 10 heteroatoms. The van der Waals surface area contributed by atoms with E-state index >= 15 is 0 Å². The molecule has 0 atom stereocenters. The van der Waals surface area contributed by atoms with Crippen LogP contribution in [0.3, 0.4) is 0 Å². The summed E-state index contributed by atoms with van der Waals surface area (Å²) in [7, 11) is 0. The normalized spacial score (nSPS) is 12.3. The average Bonchev–Trinajstić information content (AvgIpc) is 2.66. The molecule has 0 saturated carbocycles. The van der Waals surface area contributed by atoms with Crippen LogP contribution in [-0.4, -0.2) is 11.0 Å². The Balaban J connectivity index is 1.75. The Morgan fingerprint density at radius 3 is 2.40 bits per heavy atom. The molecule has 0 aliphatic carbocycles. The Kier molecular flexibility index (Phi) is 5.68. The van der Waals surface area contributed by atoms with Crippen molar-refractivity contribution in [2.24, 2.45) is 0 Å². The molecule has 0 unspecified atom stereocenters. The van der Waals surface area contributed by atoms with Crippen LogP contribution in [0.4, 0.5) is 36.8 Å². The van der Waals surface area contributed by atoms with Crippen molar-refractivity contribution in [3.63, 3.8) is 0 Å². The van der Waals surface area contributed by atoms with Crippen LogP contribution in [0.2, 0.25) is 0 Å². The molecule has 2 aromatic carbocycles. The summed E-state index contributed by atoms with van der Waals surface area (Å²) in [6.45, 7) is 0. The number of nitrogens with zero attached hydrogens (tertiary/aromatic N) is 1. The summed E-state index contributed by atoms with van der Waals surface area (Å²) in [6, 6.07) is 8.66. The minimum atomic E-state index is -4.86. The smallest absolute Gasteiger partial charge is 0.314 e. The number of halogens is 6. The fourth-order valence-corrected chi connectivity index (χ4v) is 2.66. The Morgan fingerprint density at radius 1 is 0.933 bits per heavy atom. The number of hydrogen-bond acceptors (Lipinski definition) is 2. The Labute approximate surface area is 166 Å². The summed E-state index contributed by atoms with van der Waals surface area (Å²) < 4.78 is 77.6. The molecule has 0 saturated heterocycles. The monoisotopic (exact) mass is 425 g/mol. The number of hydrogen-bond donors (Lipinski definition) is 2. The van der Waals surface area contributed by atoms with E-state index in [9.17, 15) is 31.1 Å². The van der Waals surface area contributed by atoms with E-state index in [1.165, 1.54) is 0 Å². The number of aromatic nitrogens is 1. The number of carbonyl (C=O) groups excluding carboxylic acids is 1. The second kappa shape index (κ2) is 8.05. The van der Waals surface area contributed by atoms with Gasteiger partial charge in [-0.1, -0.05) is 6.07 Å². The first-order valence-corrected chi connectivity index (χ1v) is 8.41. The van der Waals surface area contributed by atoms with Crippen molar-refractivity contribution in [2.45, 2.75) is 12.4 Å². The molecule has 1 heterocycles. The van der Waals surface area contributed by atoms with Crippen LogP contribution in [0.1, 0.15) is 16.7 Å². The number of alkyl halides is 6. The molecular formula is C20H13F6N3O. The first kappa shape index (κ1) is 21.2. The van der Waals surface area contributed by atoms with Gasteiger partial charge in [-0.05, 0) is 54.1 Å². The Hall–Kier alpha value is -3.56. The van der Waals surface area contributed by atoms with E-state index in [1.807, 2.05) is 0 Å². The maximum atomic E-state index is 13.1. The van der Waals surface area contributed by atoms with E-state index in [0.29, 0.717) is 29.4 Å². The Morgan fingerprint density at radius 2 is 1.70 bits per heavy atom. The zero-order chi connectivity index (χ0) is 21.9. The minimum absolute atomic E-state index is 0.353. The highest BCUT2D eigenvalue weighted by atomic mass is 19.4. The highest BCUT2D eigenvalue weighted by molar-refractivity contribution is 5.93. The van der Waals surface area contributed by atoms with E-state index in [-0.39, 0.29) is 0 Å². The molecule has 3 rings (SSSR count). The number of pyridine rings is 1. The SMILES string of the molecule is O=C(N/C=C/c1cc(C(F)(F)F)ccc1C(F)(F)F)Nc1ccc2ncccc2c1. The predicted octanol–water partition coefficient (Wildman–Crippen LogP) is 6.06. The van der Waals surface area contributed by atoms with Crippen molar-refractivity contribution < 1.29 is 31.1 Å². The second-order valence-electron chi connectivity index (χ2n) is 6.14. The lowest BCUT2D eigenvalue weighted by Gasteiger charge is -2.13. The first-order valence-electron chi connectivity index (χ1n) is 8.41. The van der Waals surface area contributed by atoms with Crippen molar-refractivity contribution in [1.29, 1.82) is 0 Å². The predicted molar refractivity (Wildman–Crippen MR) is 99.4 cm³/mol. The zero-order valence-corrected chi connectivity index (χ0v) is 15.0. The fourth-order valence-electron chi connectivity index (χ4n) is 2.66. The first-order chi connectivity index (χ1) is 14.0. The molecule has 0 aliphatic rings. The molecule has 3 aromatic rings. The van der Waals surface area contributed by atoms with Crippen LogP contribution in [-0.2, 0) is 12.4 Å². The van der Waals surface area contributed by atoms with Gasteiger partial charge in [-0.3, -0.25) is 4.98 Å². The lowest BCUT2D eigenvalue weighted by atomic mass is 10.0. The number of carbonyl (C=O) groups is 1. The van der Waals surface area contributed by atoms with Gasteiger partial charge in [-0.15, -0.1) is 0 Å². The van der Waals surface area contributed by atoms with E-state index < -0.39 is 35.1 Å². The van der Waals surface area contributed by atoms with Gasteiger partial charge < -0.3 is 10.6 Å². The largest absolute Gasteiger partial charge is 0.416 e. The molecule has 2 amide bonds. The number of benzene rings is 2. The second-order valence-corrected chi connectivity index (χ2v) is 6.14. The van der Waals surface area contributed by atoms with Crippen molar-refractivity contribution >= 4 is 28.7 Å². The van der Waals surface area contributed by atoms with Crippen LogP contribution in [0.25, 0.3) is 17.0 Å². The lowest BCUT2D eigenvalue weighted by molar-refractivity contribution is -0.141. The summed E-state index contributed by atoms with van der Waals surface area (Å²) in [4.78, 5) is 16.1. The van der Waals surface area contributed by atoms with Gasteiger partial charge in [0.15, 0.2) is 0 Å². The third-order valence-electron chi connectivity index (χ3n) is 4.02. The number of anilines is 1. The van der Waals surface area contributed by atoms with Gasteiger partial charge in [-0.2, -0.15) is 26.3 Å². The highest BCUT2D eigenvalue weighted by Crippen LogP contribution is 2.36. The maximum absolute atomic E-state index is 13.1. The molecule has 0 bridgehead atoms. The van der Waals surface area contributed by atoms with Crippen LogP contribution in [0.15, 0.2) is 60.9 Å². The number of fused-ring (bicyclic) bond motifs is 1. The van der Waals surface area contributed by atoms with E-state index in [0.717, 1.165) is 17.7 Å². The number of urea groups is 1. The molecule has 0 aliphatic heterocycles. The van der Waals surface area contributed by atoms with Crippen LogP contribution < -0.4 is 10.6 Å². The van der Waals surface area contributed by atoms with Gasteiger partial charge in [0.2, 0.25) is 0 Å². The van der Waals surface area contributed by atoms with Crippen molar-refractivity contribution in [3.8, 4) is 0 Å². The molecule has 4 nitrogen and oxygen atoms in total. The van der Waals surface area contributed by atoms with Crippen molar-refractivity contribution in [1.82, 2.24) is 10.3 Å². The number of nitrogens with one attached hydrogen (secondary N) is 2. The summed E-state index contributed by atoms with van der Waals surface area (Å²) >= 11 is 0. The highest BCUT2D eigenvalue weighted by Gasteiger charge is 2.36. The number of rotatable bonds is 3. The molecule has 0 fully saturated rings. The fraction of sp³-hybridized carbons (Fsp3) is 0.100. The zero-order valence-electron chi connectivity index (χ0n) is 15.0. The van der Waals surface area contributed by atoms with Gasteiger partial charge >= 0.3 is 18.4 Å². The van der Waals surface area contributed by atoms with Crippen molar-refractivity contribution in [3.05, 3.63) is 77.6 Å². The van der Waals surface area contributed by atoms with E-state index in [2.05, 4.69) is 15.6 Å². The van der Waals surface area contributed by atoms with Crippen LogP contribution in [0, 0.1) is 0 Å². The summed E-state index contributed by atoms with van der Waals surface area (Å²) in [6.07, 6.45) is -6.46. The quantitative estimate of drug-likeness (QED) is 0.501. The van der Waals surface area contributed by atoms with Gasteiger partial charge in [0.25, 0.3) is 0 Å². The summed E-state index contributed by atoms with van der Waals surface area (Å²) in [5.41, 5.74) is -2.11. The van der Waals surface area contributed by atoms with Crippen LogP contribution in [0.5, 0.6) is 0 Å². The molecular weight excluding hydrogens is 412 g/mol. The van der Waals surface area contributed by atoms with Crippen molar-refractivity contribution in [2.75, 3.05) is 5.32 Å². The van der Waals surface area contributed by atoms with E-state index in [1.54, 1.807) is 36.5 Å². The third kappa shape index (κ3) is 5.07. The summed E-state index contributed by atoms with van der Waals surface area (Å²) in [5, 5.41) is 5.39. The standard InChI is InChI=1S/C20H13F6N3O/c21-19(22,23)14-3-5-16(20(24,25)26)12(10-14)7-9-28-18(30)29-15-4-6-17-13(11-15)2-1-8-27-17/h1-11H,(H2,28,29,30)/b9-7+. The van der Waals surface area contributed by atoms with E-state index in [4.69, 9.17) is 0 Å². The lowest BCUT2D eigenvalue weighted by Crippen LogP contribution is -2.23. The van der Waals surface area contributed by atoms with Gasteiger partial charge in [0.05, 0.1) is 16.6 Å². The van der Waals surface area contributed by atoms with Gasteiger partial charge in [0.1, 0.15) is 0 Å². The number of amides is 2. The maximum Gasteiger partial charge on any atom is 0.416 e. The third-order valence-corrected chi connectivity index (χ3v) is 4.02. The summed E-state index contributed by atoms with van der Waals surface area (Å²) in [5.74, 6) is 0. The molecule has 0 spiro atoms. The molecule has 1 aromatic heterocycles. The van der Waals surface area contributed by atoms with Gasteiger partial charge in [-0.25, -0.2) is 4.79 Å². The topological polar surface area (TPSA) is 54.0 Å². The average molecular weight is 425 g/mol.